The average Bonchev–Trinajstić information content (AvgIpc) is 3.02. The van der Waals surface area contributed by atoms with Crippen molar-refractivity contribution in [3.05, 3.63) is 45.9 Å². The first-order valence-electron chi connectivity index (χ1n) is 7.86. The molecule has 0 saturated heterocycles. The molecule has 0 radical (unpaired) electrons. The number of amides is 2. The molecule has 0 aliphatic carbocycles. The summed E-state index contributed by atoms with van der Waals surface area (Å²) >= 11 is 1.58. The van der Waals surface area contributed by atoms with Gasteiger partial charge in [0.25, 0.3) is 0 Å². The van der Waals surface area contributed by atoms with Crippen LogP contribution < -0.4 is 10.1 Å². The summed E-state index contributed by atoms with van der Waals surface area (Å²) in [6.07, 6.45) is 0. The molecule has 6 heteroatoms. The van der Waals surface area contributed by atoms with Crippen molar-refractivity contribution in [2.75, 3.05) is 14.2 Å². The Bertz CT molecular complexity index is 692. The minimum atomic E-state index is -0.120. The number of hydrogen-bond donors (Lipinski definition) is 1. The van der Waals surface area contributed by atoms with Gasteiger partial charge in [0.15, 0.2) is 0 Å². The van der Waals surface area contributed by atoms with E-state index in [1.54, 1.807) is 30.4 Å². The number of urea groups is 1. The molecule has 0 saturated carbocycles. The molecule has 130 valence electrons. The number of carbonyl (C=O) groups is 1. The SMILES string of the molecule is COc1cccc(CN(C)C(=O)NCc2nc(C(C)(C)C)cs2)c1. The Hall–Kier alpha value is -2.08. The Morgan fingerprint density at radius 3 is 2.75 bits per heavy atom. The van der Waals surface area contributed by atoms with Crippen molar-refractivity contribution in [1.82, 2.24) is 15.2 Å². The molecule has 2 rings (SSSR count). The molecule has 0 aliphatic rings. The largest absolute Gasteiger partial charge is 0.497 e. The van der Waals surface area contributed by atoms with Crippen molar-refractivity contribution in [3.63, 3.8) is 0 Å². The zero-order valence-corrected chi connectivity index (χ0v) is 15.7. The summed E-state index contributed by atoms with van der Waals surface area (Å²) in [5.74, 6) is 0.791. The number of nitrogens with zero attached hydrogens (tertiary/aromatic N) is 2. The summed E-state index contributed by atoms with van der Waals surface area (Å²) in [5, 5.41) is 5.89. The van der Waals surface area contributed by atoms with Gasteiger partial charge in [0.05, 0.1) is 19.3 Å². The second kappa shape index (κ2) is 7.66. The van der Waals surface area contributed by atoms with E-state index in [2.05, 4.69) is 36.5 Å². The topological polar surface area (TPSA) is 54.5 Å². The van der Waals surface area contributed by atoms with Crippen molar-refractivity contribution < 1.29 is 9.53 Å². The lowest BCUT2D eigenvalue weighted by Crippen LogP contribution is -2.36. The van der Waals surface area contributed by atoms with Crippen LogP contribution in [-0.2, 0) is 18.5 Å². The number of carbonyl (C=O) groups excluding carboxylic acids is 1. The van der Waals surface area contributed by atoms with Crippen LogP contribution >= 0.6 is 11.3 Å². The molecular formula is C18H25N3O2S. The van der Waals surface area contributed by atoms with Gasteiger partial charge in [-0.3, -0.25) is 0 Å². The Morgan fingerprint density at radius 1 is 1.38 bits per heavy atom. The number of benzene rings is 1. The van der Waals surface area contributed by atoms with E-state index in [1.165, 1.54) is 0 Å². The Balaban J connectivity index is 1.88. The Kier molecular flexibility index (Phi) is 5.83. The van der Waals surface area contributed by atoms with Crippen LogP contribution in [0.3, 0.4) is 0 Å². The first kappa shape index (κ1) is 18.3. The first-order valence-corrected chi connectivity index (χ1v) is 8.74. The minimum Gasteiger partial charge on any atom is -0.497 e. The number of ether oxygens (including phenoxy) is 1. The van der Waals surface area contributed by atoms with Crippen molar-refractivity contribution in [2.24, 2.45) is 0 Å². The van der Waals surface area contributed by atoms with Gasteiger partial charge in [-0.2, -0.15) is 0 Å². The second-order valence-electron chi connectivity index (χ2n) is 6.74. The lowest BCUT2D eigenvalue weighted by atomic mass is 9.93. The van der Waals surface area contributed by atoms with Crippen molar-refractivity contribution in [1.29, 1.82) is 0 Å². The molecule has 0 aliphatic heterocycles. The third kappa shape index (κ3) is 4.96. The summed E-state index contributed by atoms with van der Waals surface area (Å²) in [4.78, 5) is 18.5. The van der Waals surface area contributed by atoms with E-state index in [-0.39, 0.29) is 11.4 Å². The van der Waals surface area contributed by atoms with Crippen LogP contribution in [0.1, 0.15) is 37.0 Å². The second-order valence-corrected chi connectivity index (χ2v) is 7.69. The van der Waals surface area contributed by atoms with Crippen LogP contribution in [0.25, 0.3) is 0 Å². The molecule has 1 aromatic heterocycles. The maximum atomic E-state index is 12.2. The highest BCUT2D eigenvalue weighted by molar-refractivity contribution is 7.09. The molecule has 1 N–H and O–H groups in total. The van der Waals surface area contributed by atoms with Crippen LogP contribution in [-0.4, -0.2) is 30.1 Å². The maximum Gasteiger partial charge on any atom is 0.317 e. The lowest BCUT2D eigenvalue weighted by Gasteiger charge is -2.18. The molecule has 0 unspecified atom stereocenters. The molecule has 2 aromatic rings. The molecule has 1 heterocycles. The van der Waals surface area contributed by atoms with E-state index >= 15 is 0 Å². The van der Waals surface area contributed by atoms with E-state index in [4.69, 9.17) is 4.74 Å². The maximum absolute atomic E-state index is 12.2. The summed E-state index contributed by atoms with van der Waals surface area (Å²) in [6.45, 7) is 7.36. The van der Waals surface area contributed by atoms with Gasteiger partial charge in [-0.05, 0) is 17.7 Å². The molecule has 2 amide bonds. The van der Waals surface area contributed by atoms with E-state index in [9.17, 15) is 4.79 Å². The highest BCUT2D eigenvalue weighted by atomic mass is 32.1. The monoisotopic (exact) mass is 347 g/mol. The zero-order valence-electron chi connectivity index (χ0n) is 14.9. The van der Waals surface area contributed by atoms with Gasteiger partial charge in [-0.1, -0.05) is 32.9 Å². The minimum absolute atomic E-state index is 0.0297. The highest BCUT2D eigenvalue weighted by Gasteiger charge is 2.18. The fourth-order valence-corrected chi connectivity index (χ4v) is 3.10. The molecule has 0 atom stereocenters. The van der Waals surface area contributed by atoms with E-state index < -0.39 is 0 Å². The summed E-state index contributed by atoms with van der Waals surface area (Å²) < 4.78 is 5.21. The highest BCUT2D eigenvalue weighted by Crippen LogP contribution is 2.23. The zero-order chi connectivity index (χ0) is 17.7. The van der Waals surface area contributed by atoms with Crippen molar-refractivity contribution in [2.45, 2.75) is 39.3 Å². The summed E-state index contributed by atoms with van der Waals surface area (Å²) in [6, 6.07) is 7.59. The number of nitrogens with one attached hydrogen (secondary N) is 1. The number of methoxy groups -OCH3 is 1. The van der Waals surface area contributed by atoms with E-state index in [0.29, 0.717) is 13.1 Å². The quantitative estimate of drug-likeness (QED) is 0.895. The summed E-state index contributed by atoms with van der Waals surface area (Å²) in [5.41, 5.74) is 2.11. The number of hydrogen-bond acceptors (Lipinski definition) is 4. The molecule has 0 fully saturated rings. The fourth-order valence-electron chi connectivity index (χ4n) is 2.14. The standard InChI is InChI=1S/C18H25N3O2S/c1-18(2,3)15-12-24-16(20-15)10-19-17(22)21(4)11-13-7-6-8-14(9-13)23-5/h6-9,12H,10-11H2,1-5H3,(H,19,22). The van der Waals surface area contributed by atoms with Gasteiger partial charge in [-0.15, -0.1) is 11.3 Å². The molecule has 5 nitrogen and oxygen atoms in total. The van der Waals surface area contributed by atoms with Gasteiger partial charge in [0.2, 0.25) is 0 Å². The van der Waals surface area contributed by atoms with E-state index in [0.717, 1.165) is 22.0 Å². The predicted octanol–water partition coefficient (Wildman–Crippen LogP) is 3.79. The molecule has 24 heavy (non-hydrogen) atoms. The Morgan fingerprint density at radius 2 is 2.12 bits per heavy atom. The van der Waals surface area contributed by atoms with Crippen molar-refractivity contribution >= 4 is 17.4 Å². The molecule has 0 spiro atoms. The average molecular weight is 347 g/mol. The smallest absolute Gasteiger partial charge is 0.317 e. The molecular weight excluding hydrogens is 322 g/mol. The third-order valence-corrected chi connectivity index (χ3v) is 4.46. The van der Waals surface area contributed by atoms with Crippen LogP contribution in [0.2, 0.25) is 0 Å². The van der Waals surface area contributed by atoms with Crippen LogP contribution in [0, 0.1) is 0 Å². The van der Waals surface area contributed by atoms with Gasteiger partial charge in [0.1, 0.15) is 10.8 Å². The summed E-state index contributed by atoms with van der Waals surface area (Å²) in [7, 11) is 3.41. The predicted molar refractivity (Wildman–Crippen MR) is 97.5 cm³/mol. The van der Waals surface area contributed by atoms with Gasteiger partial charge < -0.3 is 15.0 Å². The van der Waals surface area contributed by atoms with Crippen molar-refractivity contribution in [3.8, 4) is 5.75 Å². The fraction of sp³-hybridized carbons (Fsp3) is 0.444. The molecule has 0 bridgehead atoms. The van der Waals surface area contributed by atoms with Gasteiger partial charge in [0, 0.05) is 24.4 Å². The number of rotatable bonds is 5. The number of thiazole rings is 1. The third-order valence-electron chi connectivity index (χ3n) is 3.61. The number of aromatic nitrogens is 1. The lowest BCUT2D eigenvalue weighted by molar-refractivity contribution is 0.206. The van der Waals surface area contributed by atoms with Gasteiger partial charge in [-0.25, -0.2) is 9.78 Å². The van der Waals surface area contributed by atoms with Crippen LogP contribution in [0.15, 0.2) is 29.6 Å². The normalized spacial score (nSPS) is 11.2. The first-order chi connectivity index (χ1) is 11.3. The van der Waals surface area contributed by atoms with Crippen LogP contribution in [0.5, 0.6) is 5.75 Å². The van der Waals surface area contributed by atoms with E-state index in [1.807, 2.05) is 24.3 Å². The molecule has 1 aromatic carbocycles. The van der Waals surface area contributed by atoms with Crippen LogP contribution in [0.4, 0.5) is 4.79 Å². The van der Waals surface area contributed by atoms with Gasteiger partial charge >= 0.3 is 6.03 Å². The Labute approximate surface area is 147 Å².